The molecule has 1 amide bonds. The second-order valence-corrected chi connectivity index (χ2v) is 5.58. The van der Waals surface area contributed by atoms with Crippen LogP contribution in [-0.4, -0.2) is 26.4 Å². The number of halogens is 2. The minimum Gasteiger partial charge on any atom is -0.323 e. The molecule has 1 heterocycles. The maximum absolute atomic E-state index is 13.5. The molecule has 0 bridgehead atoms. The lowest BCUT2D eigenvalue weighted by Gasteiger charge is -2.08. The number of nitrogens with one attached hydrogen (secondary N) is 1. The maximum atomic E-state index is 13.5. The lowest BCUT2D eigenvalue weighted by atomic mass is 10.3. The molecule has 0 aliphatic carbocycles. The lowest BCUT2D eigenvalue weighted by molar-refractivity contribution is -0.113. The number of carbonyl (C=O) groups is 1. The van der Waals surface area contributed by atoms with Crippen LogP contribution < -0.4 is 5.32 Å². The maximum Gasteiger partial charge on any atom is 0.234 e. The van der Waals surface area contributed by atoms with Crippen LogP contribution in [0, 0.1) is 18.6 Å². The number of nitrogens with zero attached hydrogens (tertiary/aromatic N) is 3. The summed E-state index contributed by atoms with van der Waals surface area (Å²) in [5.41, 5.74) is -0.0433. The van der Waals surface area contributed by atoms with Crippen LogP contribution >= 0.6 is 11.8 Å². The highest BCUT2D eigenvalue weighted by Crippen LogP contribution is 2.19. The molecule has 118 valence electrons. The molecule has 0 atom stereocenters. The van der Waals surface area contributed by atoms with E-state index in [9.17, 15) is 13.6 Å². The smallest absolute Gasteiger partial charge is 0.234 e. The molecule has 22 heavy (non-hydrogen) atoms. The minimum absolute atomic E-state index is 0.0433. The van der Waals surface area contributed by atoms with Crippen molar-refractivity contribution in [2.24, 2.45) is 0 Å². The van der Waals surface area contributed by atoms with Crippen LogP contribution in [0.3, 0.4) is 0 Å². The number of rotatable bonds is 6. The molecular formula is C14H16F2N4OS. The van der Waals surface area contributed by atoms with Gasteiger partial charge in [-0.2, -0.15) is 0 Å². The average Bonchev–Trinajstić information content (AvgIpc) is 2.81. The molecule has 5 nitrogen and oxygen atoms in total. The number of hydrogen-bond acceptors (Lipinski definition) is 4. The van der Waals surface area contributed by atoms with E-state index in [0.29, 0.717) is 5.16 Å². The van der Waals surface area contributed by atoms with Gasteiger partial charge in [0, 0.05) is 12.6 Å². The van der Waals surface area contributed by atoms with Gasteiger partial charge in [0.15, 0.2) is 5.16 Å². The van der Waals surface area contributed by atoms with Crippen molar-refractivity contribution in [1.82, 2.24) is 14.8 Å². The molecule has 1 aromatic carbocycles. The average molecular weight is 326 g/mol. The van der Waals surface area contributed by atoms with Gasteiger partial charge in [0.2, 0.25) is 5.91 Å². The summed E-state index contributed by atoms with van der Waals surface area (Å²) in [7, 11) is 0. The zero-order valence-corrected chi connectivity index (χ0v) is 13.1. The topological polar surface area (TPSA) is 59.8 Å². The zero-order chi connectivity index (χ0) is 16.1. The van der Waals surface area contributed by atoms with E-state index in [-0.39, 0.29) is 17.3 Å². The first-order chi connectivity index (χ1) is 10.5. The number of aromatic nitrogens is 3. The molecule has 0 aliphatic heterocycles. The van der Waals surface area contributed by atoms with Crippen molar-refractivity contribution in [2.45, 2.75) is 32.0 Å². The summed E-state index contributed by atoms with van der Waals surface area (Å²) in [5, 5.41) is 11.0. The van der Waals surface area contributed by atoms with Gasteiger partial charge >= 0.3 is 0 Å². The van der Waals surface area contributed by atoms with E-state index >= 15 is 0 Å². The fraction of sp³-hybridized carbons (Fsp3) is 0.357. The fourth-order valence-corrected chi connectivity index (χ4v) is 2.67. The van der Waals surface area contributed by atoms with Crippen molar-refractivity contribution in [3.63, 3.8) is 0 Å². The second-order valence-electron chi connectivity index (χ2n) is 4.64. The molecule has 2 rings (SSSR count). The van der Waals surface area contributed by atoms with Crippen molar-refractivity contribution in [3.05, 3.63) is 35.7 Å². The van der Waals surface area contributed by atoms with E-state index in [1.165, 1.54) is 17.8 Å². The van der Waals surface area contributed by atoms with E-state index in [1.807, 2.05) is 18.4 Å². The number of anilines is 1. The first kappa shape index (κ1) is 16.4. The van der Waals surface area contributed by atoms with Crippen LogP contribution in [0.4, 0.5) is 14.5 Å². The van der Waals surface area contributed by atoms with E-state index in [4.69, 9.17) is 0 Å². The Bertz CT molecular complexity index is 675. The van der Waals surface area contributed by atoms with Crippen LogP contribution in [0.1, 0.15) is 19.2 Å². The van der Waals surface area contributed by atoms with E-state index in [2.05, 4.69) is 15.5 Å². The Hall–Kier alpha value is -1.96. The zero-order valence-electron chi connectivity index (χ0n) is 12.3. The fourth-order valence-electron chi connectivity index (χ4n) is 1.86. The molecule has 0 spiro atoms. The first-order valence-electron chi connectivity index (χ1n) is 6.78. The molecule has 1 aromatic heterocycles. The van der Waals surface area contributed by atoms with Gasteiger partial charge in [0.25, 0.3) is 0 Å². The predicted molar refractivity (Wildman–Crippen MR) is 80.8 cm³/mol. The Labute approximate surface area is 131 Å². The Morgan fingerprint density at radius 2 is 2.14 bits per heavy atom. The standard InChI is InChI=1S/C14H16F2N4OS/c1-3-6-20-9(2)18-19-14(20)22-8-13(21)17-12-5-4-10(15)7-11(12)16/h4-5,7H,3,6,8H2,1-2H3,(H,17,21). The predicted octanol–water partition coefficient (Wildman–Crippen LogP) is 3.01. The highest BCUT2D eigenvalue weighted by Gasteiger charge is 2.12. The van der Waals surface area contributed by atoms with Gasteiger partial charge in [-0.3, -0.25) is 4.79 Å². The molecule has 0 saturated carbocycles. The number of hydrogen-bond donors (Lipinski definition) is 1. The quantitative estimate of drug-likeness (QED) is 0.829. The molecule has 0 radical (unpaired) electrons. The number of aryl methyl sites for hydroxylation is 1. The second kappa shape index (κ2) is 7.35. The van der Waals surface area contributed by atoms with Gasteiger partial charge < -0.3 is 9.88 Å². The Morgan fingerprint density at radius 3 is 2.82 bits per heavy atom. The van der Waals surface area contributed by atoms with Gasteiger partial charge in [0.05, 0.1) is 11.4 Å². The van der Waals surface area contributed by atoms with Gasteiger partial charge in [0.1, 0.15) is 17.5 Å². The van der Waals surface area contributed by atoms with Gasteiger partial charge in [-0.05, 0) is 25.5 Å². The summed E-state index contributed by atoms with van der Waals surface area (Å²) in [6.45, 7) is 4.66. The molecule has 0 fully saturated rings. The summed E-state index contributed by atoms with van der Waals surface area (Å²) in [6.07, 6.45) is 0.930. The normalized spacial score (nSPS) is 10.7. The van der Waals surface area contributed by atoms with Crippen LogP contribution in [0.5, 0.6) is 0 Å². The molecular weight excluding hydrogens is 310 g/mol. The number of carbonyl (C=O) groups excluding carboxylic acids is 1. The van der Waals surface area contributed by atoms with Gasteiger partial charge in [-0.15, -0.1) is 10.2 Å². The third-order valence-electron chi connectivity index (χ3n) is 2.89. The van der Waals surface area contributed by atoms with Gasteiger partial charge in [-0.25, -0.2) is 8.78 Å². The third-order valence-corrected chi connectivity index (χ3v) is 3.85. The highest BCUT2D eigenvalue weighted by molar-refractivity contribution is 7.99. The van der Waals surface area contributed by atoms with Crippen molar-refractivity contribution in [1.29, 1.82) is 0 Å². The summed E-state index contributed by atoms with van der Waals surface area (Å²) < 4.78 is 28.2. The molecule has 0 saturated heterocycles. The van der Waals surface area contributed by atoms with Crippen LogP contribution in [-0.2, 0) is 11.3 Å². The van der Waals surface area contributed by atoms with Crippen molar-refractivity contribution < 1.29 is 13.6 Å². The van der Waals surface area contributed by atoms with E-state index < -0.39 is 11.6 Å². The van der Waals surface area contributed by atoms with Crippen LogP contribution in [0.25, 0.3) is 0 Å². The summed E-state index contributed by atoms with van der Waals surface area (Å²) in [4.78, 5) is 11.8. The monoisotopic (exact) mass is 326 g/mol. The summed E-state index contributed by atoms with van der Waals surface area (Å²) in [6, 6.07) is 3.01. The minimum atomic E-state index is -0.802. The number of thioether (sulfide) groups is 1. The van der Waals surface area contributed by atoms with Gasteiger partial charge in [-0.1, -0.05) is 18.7 Å². The molecule has 0 unspecified atom stereocenters. The largest absolute Gasteiger partial charge is 0.323 e. The SMILES string of the molecule is CCCn1c(C)nnc1SCC(=O)Nc1ccc(F)cc1F. The number of benzene rings is 1. The number of amides is 1. The Morgan fingerprint density at radius 1 is 1.36 bits per heavy atom. The first-order valence-corrected chi connectivity index (χ1v) is 7.77. The van der Waals surface area contributed by atoms with Crippen LogP contribution in [0.2, 0.25) is 0 Å². The van der Waals surface area contributed by atoms with Crippen LogP contribution in [0.15, 0.2) is 23.4 Å². The molecule has 0 aliphatic rings. The van der Waals surface area contributed by atoms with E-state index in [1.54, 1.807) is 0 Å². The van der Waals surface area contributed by atoms with Crippen molar-refractivity contribution >= 4 is 23.4 Å². The Balaban J connectivity index is 1.95. The Kier molecular flexibility index (Phi) is 5.48. The van der Waals surface area contributed by atoms with Crippen molar-refractivity contribution in [3.8, 4) is 0 Å². The lowest BCUT2D eigenvalue weighted by Crippen LogP contribution is -2.15. The third kappa shape index (κ3) is 4.03. The van der Waals surface area contributed by atoms with E-state index in [0.717, 1.165) is 30.9 Å². The highest BCUT2D eigenvalue weighted by atomic mass is 32.2. The molecule has 8 heteroatoms. The molecule has 2 aromatic rings. The summed E-state index contributed by atoms with van der Waals surface area (Å²) >= 11 is 1.22. The van der Waals surface area contributed by atoms with Crippen molar-refractivity contribution in [2.75, 3.05) is 11.1 Å². The summed E-state index contributed by atoms with van der Waals surface area (Å²) in [5.74, 6) is -1.02. The molecule has 1 N–H and O–H groups in total.